The van der Waals surface area contributed by atoms with Gasteiger partial charge in [-0.15, -0.1) is 0 Å². The number of nitrogens with two attached hydrogens (primary N) is 1. The zero-order valence-electron chi connectivity index (χ0n) is 11.2. The standard InChI is InChI=1S/C15H13F3N2O/c1-9-8-10(2-7-13(9)19)14(21)20-12-5-3-11(4-6-12)15(16,17)18/h2-8H,19H2,1H3,(H,20,21). The van der Waals surface area contributed by atoms with Crippen LogP contribution in [-0.4, -0.2) is 5.91 Å². The van der Waals surface area contributed by atoms with Gasteiger partial charge in [0, 0.05) is 16.9 Å². The van der Waals surface area contributed by atoms with E-state index in [2.05, 4.69) is 5.32 Å². The lowest BCUT2D eigenvalue weighted by molar-refractivity contribution is -0.137. The number of alkyl halides is 3. The topological polar surface area (TPSA) is 55.1 Å². The second-order valence-corrected chi connectivity index (χ2v) is 4.60. The number of hydrogen-bond donors (Lipinski definition) is 2. The third-order valence-corrected chi connectivity index (χ3v) is 3.00. The molecule has 0 radical (unpaired) electrons. The van der Waals surface area contributed by atoms with E-state index in [1.165, 1.54) is 12.1 Å². The second-order valence-electron chi connectivity index (χ2n) is 4.60. The van der Waals surface area contributed by atoms with Crippen molar-refractivity contribution in [3.8, 4) is 0 Å². The van der Waals surface area contributed by atoms with E-state index in [-0.39, 0.29) is 0 Å². The molecule has 6 heteroatoms. The van der Waals surface area contributed by atoms with Crippen LogP contribution >= 0.6 is 0 Å². The molecule has 0 saturated carbocycles. The monoisotopic (exact) mass is 294 g/mol. The van der Waals surface area contributed by atoms with Gasteiger partial charge in [0.2, 0.25) is 0 Å². The molecule has 0 aliphatic heterocycles. The zero-order chi connectivity index (χ0) is 15.6. The molecular formula is C15H13F3N2O. The van der Waals surface area contributed by atoms with Crippen molar-refractivity contribution in [2.75, 3.05) is 11.1 Å². The Balaban J connectivity index is 2.14. The molecule has 0 heterocycles. The van der Waals surface area contributed by atoms with Crippen molar-refractivity contribution in [3.05, 3.63) is 59.2 Å². The van der Waals surface area contributed by atoms with Gasteiger partial charge >= 0.3 is 6.18 Å². The summed E-state index contributed by atoms with van der Waals surface area (Å²) in [5, 5.41) is 2.54. The van der Waals surface area contributed by atoms with Gasteiger partial charge in [-0.1, -0.05) is 0 Å². The minimum absolute atomic E-state index is 0.294. The summed E-state index contributed by atoms with van der Waals surface area (Å²) in [7, 11) is 0. The van der Waals surface area contributed by atoms with Crippen LogP contribution in [0.4, 0.5) is 24.5 Å². The number of benzene rings is 2. The largest absolute Gasteiger partial charge is 0.416 e. The quantitative estimate of drug-likeness (QED) is 0.827. The van der Waals surface area contributed by atoms with Crippen molar-refractivity contribution in [2.24, 2.45) is 0 Å². The average molecular weight is 294 g/mol. The van der Waals surface area contributed by atoms with Crippen LogP contribution in [0, 0.1) is 6.92 Å². The maximum Gasteiger partial charge on any atom is 0.416 e. The number of halogens is 3. The summed E-state index contributed by atoms with van der Waals surface area (Å²) >= 11 is 0. The smallest absolute Gasteiger partial charge is 0.399 e. The Morgan fingerprint density at radius 1 is 1.10 bits per heavy atom. The maximum atomic E-state index is 12.4. The summed E-state index contributed by atoms with van der Waals surface area (Å²) in [5.41, 5.74) is 6.91. The summed E-state index contributed by atoms with van der Waals surface area (Å²) in [6.07, 6.45) is -4.39. The molecule has 0 aromatic heterocycles. The van der Waals surface area contributed by atoms with Crippen LogP contribution in [0.3, 0.4) is 0 Å². The van der Waals surface area contributed by atoms with E-state index >= 15 is 0 Å². The lowest BCUT2D eigenvalue weighted by Gasteiger charge is -2.09. The highest BCUT2D eigenvalue weighted by molar-refractivity contribution is 6.04. The van der Waals surface area contributed by atoms with Crippen molar-refractivity contribution in [2.45, 2.75) is 13.1 Å². The fraction of sp³-hybridized carbons (Fsp3) is 0.133. The molecular weight excluding hydrogens is 281 g/mol. The predicted molar refractivity (Wildman–Crippen MR) is 75.0 cm³/mol. The van der Waals surface area contributed by atoms with Gasteiger partial charge in [0.15, 0.2) is 0 Å². The Morgan fingerprint density at radius 3 is 2.24 bits per heavy atom. The highest BCUT2D eigenvalue weighted by atomic mass is 19.4. The number of anilines is 2. The molecule has 2 rings (SSSR count). The van der Waals surface area contributed by atoms with Crippen LogP contribution in [0.25, 0.3) is 0 Å². The van der Waals surface area contributed by atoms with Gasteiger partial charge in [-0.3, -0.25) is 4.79 Å². The lowest BCUT2D eigenvalue weighted by Crippen LogP contribution is -2.12. The van der Waals surface area contributed by atoms with Crippen LogP contribution in [-0.2, 0) is 6.18 Å². The Morgan fingerprint density at radius 2 is 1.71 bits per heavy atom. The van der Waals surface area contributed by atoms with E-state index in [0.717, 1.165) is 17.7 Å². The molecule has 0 spiro atoms. The Kier molecular flexibility index (Phi) is 3.88. The molecule has 2 aromatic carbocycles. The highest BCUT2D eigenvalue weighted by Crippen LogP contribution is 2.29. The van der Waals surface area contributed by atoms with E-state index in [1.807, 2.05) is 0 Å². The number of carbonyl (C=O) groups is 1. The lowest BCUT2D eigenvalue weighted by atomic mass is 10.1. The first-order valence-corrected chi connectivity index (χ1v) is 6.12. The molecule has 0 fully saturated rings. The molecule has 0 bridgehead atoms. The van der Waals surface area contributed by atoms with Gasteiger partial charge in [-0.2, -0.15) is 13.2 Å². The van der Waals surface area contributed by atoms with Crippen molar-refractivity contribution < 1.29 is 18.0 Å². The molecule has 0 aliphatic carbocycles. The predicted octanol–water partition coefficient (Wildman–Crippen LogP) is 3.85. The number of amides is 1. The molecule has 21 heavy (non-hydrogen) atoms. The van der Waals surface area contributed by atoms with Gasteiger partial charge in [-0.05, 0) is 55.0 Å². The first kappa shape index (κ1) is 14.9. The van der Waals surface area contributed by atoms with Gasteiger partial charge in [-0.25, -0.2) is 0 Å². The van der Waals surface area contributed by atoms with Crippen molar-refractivity contribution in [3.63, 3.8) is 0 Å². The Labute approximate surface area is 119 Å². The molecule has 0 saturated heterocycles. The summed E-state index contributed by atoms with van der Waals surface area (Å²) < 4.78 is 37.3. The van der Waals surface area contributed by atoms with E-state index in [0.29, 0.717) is 16.9 Å². The minimum atomic E-state index is -4.39. The normalized spacial score (nSPS) is 11.2. The van der Waals surface area contributed by atoms with Gasteiger partial charge < -0.3 is 11.1 Å². The zero-order valence-corrected chi connectivity index (χ0v) is 11.2. The molecule has 110 valence electrons. The molecule has 0 aliphatic rings. The van der Waals surface area contributed by atoms with Gasteiger partial charge in [0.25, 0.3) is 5.91 Å². The molecule has 1 amide bonds. The summed E-state index contributed by atoms with van der Waals surface area (Å²) in [4.78, 5) is 12.0. The summed E-state index contributed by atoms with van der Waals surface area (Å²) in [6, 6.07) is 9.05. The molecule has 3 N–H and O–H groups in total. The Hall–Kier alpha value is -2.50. The molecule has 0 unspecified atom stereocenters. The van der Waals surface area contributed by atoms with Crippen LogP contribution < -0.4 is 11.1 Å². The third kappa shape index (κ3) is 3.53. The fourth-order valence-corrected chi connectivity index (χ4v) is 1.76. The van der Waals surface area contributed by atoms with Crippen molar-refractivity contribution in [1.29, 1.82) is 0 Å². The first-order valence-electron chi connectivity index (χ1n) is 6.12. The van der Waals surface area contributed by atoms with E-state index in [9.17, 15) is 18.0 Å². The maximum absolute atomic E-state index is 12.4. The van der Waals surface area contributed by atoms with Gasteiger partial charge in [0.05, 0.1) is 5.56 Å². The van der Waals surface area contributed by atoms with Gasteiger partial charge in [0.1, 0.15) is 0 Å². The first-order chi connectivity index (χ1) is 9.77. The summed E-state index contributed by atoms with van der Waals surface area (Å²) in [5.74, 6) is -0.405. The second kappa shape index (κ2) is 5.47. The van der Waals surface area contributed by atoms with E-state index in [1.54, 1.807) is 25.1 Å². The average Bonchev–Trinajstić information content (AvgIpc) is 2.41. The SMILES string of the molecule is Cc1cc(C(=O)Nc2ccc(C(F)(F)F)cc2)ccc1N. The number of rotatable bonds is 2. The van der Waals surface area contributed by atoms with Crippen LogP contribution in [0.2, 0.25) is 0 Å². The minimum Gasteiger partial charge on any atom is -0.399 e. The van der Waals surface area contributed by atoms with Crippen LogP contribution in [0.1, 0.15) is 21.5 Å². The highest BCUT2D eigenvalue weighted by Gasteiger charge is 2.29. The number of aryl methyl sites for hydroxylation is 1. The molecule has 0 atom stereocenters. The molecule has 2 aromatic rings. The fourth-order valence-electron chi connectivity index (χ4n) is 1.76. The summed E-state index contributed by atoms with van der Waals surface area (Å²) in [6.45, 7) is 1.77. The van der Waals surface area contributed by atoms with E-state index < -0.39 is 17.6 Å². The third-order valence-electron chi connectivity index (χ3n) is 3.00. The number of carbonyl (C=O) groups excluding carboxylic acids is 1. The molecule has 3 nitrogen and oxygen atoms in total. The number of nitrogens with one attached hydrogen (secondary N) is 1. The van der Waals surface area contributed by atoms with E-state index in [4.69, 9.17) is 5.73 Å². The number of nitrogen functional groups attached to an aromatic ring is 1. The van der Waals surface area contributed by atoms with Crippen molar-refractivity contribution >= 4 is 17.3 Å². The number of hydrogen-bond acceptors (Lipinski definition) is 2. The van der Waals surface area contributed by atoms with Crippen molar-refractivity contribution in [1.82, 2.24) is 0 Å². The van der Waals surface area contributed by atoms with Crippen LogP contribution in [0.5, 0.6) is 0 Å². The van der Waals surface area contributed by atoms with Crippen LogP contribution in [0.15, 0.2) is 42.5 Å². The Bertz CT molecular complexity index is 664.